The molecule has 0 aliphatic carbocycles. The molecule has 22 heavy (non-hydrogen) atoms. The maximum atomic E-state index is 11.4. The summed E-state index contributed by atoms with van der Waals surface area (Å²) in [5, 5.41) is 0.888. The maximum Gasteiger partial charge on any atom is 0.513 e. The minimum Gasteiger partial charge on any atom is -0.434 e. The maximum absolute atomic E-state index is 11.4. The highest BCUT2D eigenvalue weighted by Crippen LogP contribution is 2.27. The van der Waals surface area contributed by atoms with E-state index in [4.69, 9.17) is 32.7 Å². The van der Waals surface area contributed by atoms with Gasteiger partial charge in [0, 0.05) is 11.8 Å². The highest BCUT2D eigenvalue weighted by atomic mass is 35.5. The highest BCUT2D eigenvalue weighted by Gasteiger charge is 2.08. The molecule has 0 radical (unpaired) electrons. The van der Waals surface area contributed by atoms with Gasteiger partial charge in [-0.3, -0.25) is 4.99 Å². The second-order valence-electron chi connectivity index (χ2n) is 4.18. The van der Waals surface area contributed by atoms with Gasteiger partial charge in [-0.1, -0.05) is 35.3 Å². The Morgan fingerprint density at radius 2 is 1.95 bits per heavy atom. The lowest BCUT2D eigenvalue weighted by atomic mass is 10.2. The van der Waals surface area contributed by atoms with Crippen LogP contribution in [-0.2, 0) is 4.74 Å². The number of para-hydroxylation sites is 1. The Bertz CT molecular complexity index is 702. The Morgan fingerprint density at radius 3 is 2.68 bits per heavy atom. The molecule has 4 nitrogen and oxygen atoms in total. The van der Waals surface area contributed by atoms with Crippen molar-refractivity contribution in [3.63, 3.8) is 0 Å². The van der Waals surface area contributed by atoms with E-state index in [1.54, 1.807) is 49.5 Å². The van der Waals surface area contributed by atoms with Gasteiger partial charge in [0.15, 0.2) is 0 Å². The van der Waals surface area contributed by atoms with Crippen molar-refractivity contribution >= 4 is 41.3 Å². The van der Waals surface area contributed by atoms with Crippen LogP contribution in [-0.4, -0.2) is 19.0 Å². The van der Waals surface area contributed by atoms with Gasteiger partial charge in [0.05, 0.1) is 22.3 Å². The molecule has 6 heteroatoms. The molecule has 0 unspecified atom stereocenters. The number of carbonyl (C=O) groups is 1. The van der Waals surface area contributed by atoms with Crippen LogP contribution in [0.1, 0.15) is 12.5 Å². The van der Waals surface area contributed by atoms with Crippen molar-refractivity contribution in [2.45, 2.75) is 6.92 Å². The van der Waals surface area contributed by atoms with Gasteiger partial charge in [0.1, 0.15) is 5.75 Å². The fourth-order valence-electron chi connectivity index (χ4n) is 1.63. The van der Waals surface area contributed by atoms with Gasteiger partial charge >= 0.3 is 6.16 Å². The number of hydrogen-bond donors (Lipinski definition) is 0. The normalized spacial score (nSPS) is 10.7. The summed E-state index contributed by atoms with van der Waals surface area (Å²) in [5.74, 6) is 0.366. The van der Waals surface area contributed by atoms with Crippen LogP contribution < -0.4 is 4.74 Å². The lowest BCUT2D eigenvalue weighted by molar-refractivity contribution is 0.104. The van der Waals surface area contributed by atoms with Crippen molar-refractivity contribution < 1.29 is 14.3 Å². The van der Waals surface area contributed by atoms with E-state index in [1.165, 1.54) is 0 Å². The van der Waals surface area contributed by atoms with E-state index in [-0.39, 0.29) is 6.61 Å². The zero-order valence-corrected chi connectivity index (χ0v) is 13.3. The van der Waals surface area contributed by atoms with Crippen molar-refractivity contribution in [3.05, 3.63) is 58.1 Å². The third-order valence-electron chi connectivity index (χ3n) is 2.63. The lowest BCUT2D eigenvalue weighted by Gasteiger charge is -2.06. The largest absolute Gasteiger partial charge is 0.513 e. The summed E-state index contributed by atoms with van der Waals surface area (Å²) in [5.41, 5.74) is 1.28. The van der Waals surface area contributed by atoms with Crippen LogP contribution in [0.2, 0.25) is 10.0 Å². The monoisotopic (exact) mass is 337 g/mol. The number of rotatable bonds is 4. The van der Waals surface area contributed by atoms with Gasteiger partial charge in [-0.05, 0) is 37.3 Å². The molecule has 0 N–H and O–H groups in total. The van der Waals surface area contributed by atoms with E-state index in [9.17, 15) is 4.79 Å². The molecule has 2 aromatic carbocycles. The number of hydrogen-bond acceptors (Lipinski definition) is 4. The molecule has 0 fully saturated rings. The second-order valence-corrected chi connectivity index (χ2v) is 4.99. The molecule has 0 aromatic heterocycles. The number of aliphatic imine (C=N–C) groups is 1. The number of halogens is 2. The molecule has 0 heterocycles. The first-order chi connectivity index (χ1) is 10.6. The number of ether oxygens (including phenoxy) is 2. The van der Waals surface area contributed by atoms with Gasteiger partial charge in [0.25, 0.3) is 0 Å². The van der Waals surface area contributed by atoms with Gasteiger partial charge in [-0.25, -0.2) is 4.79 Å². The van der Waals surface area contributed by atoms with Crippen LogP contribution in [0.3, 0.4) is 0 Å². The first-order valence-electron chi connectivity index (χ1n) is 6.53. The van der Waals surface area contributed by atoms with Gasteiger partial charge in [-0.15, -0.1) is 0 Å². The summed E-state index contributed by atoms with van der Waals surface area (Å²) in [7, 11) is 0. The molecular formula is C16H13Cl2NO3. The first-order valence-corrected chi connectivity index (χ1v) is 7.28. The predicted octanol–water partition coefficient (Wildman–Crippen LogP) is 5.28. The van der Waals surface area contributed by atoms with E-state index < -0.39 is 6.16 Å². The standard InChI is InChI=1S/C16H13Cl2NO3/c1-2-21-16(20)22-15-6-4-3-5-11(15)10-19-12-7-8-13(17)14(18)9-12/h3-10H,2H2,1H3. The van der Waals surface area contributed by atoms with Crippen molar-refractivity contribution in [2.24, 2.45) is 4.99 Å². The Kier molecular flexibility index (Phi) is 5.81. The molecule has 0 aliphatic heterocycles. The topological polar surface area (TPSA) is 47.9 Å². The molecule has 0 saturated carbocycles. The summed E-state index contributed by atoms with van der Waals surface area (Å²) in [6.07, 6.45) is 0.826. The summed E-state index contributed by atoms with van der Waals surface area (Å²) in [4.78, 5) is 15.7. The Labute approximate surface area is 138 Å². The van der Waals surface area contributed by atoms with Crippen molar-refractivity contribution in [1.82, 2.24) is 0 Å². The molecule has 2 aromatic rings. The molecule has 0 spiro atoms. The van der Waals surface area contributed by atoms with E-state index in [0.29, 0.717) is 27.0 Å². The Morgan fingerprint density at radius 1 is 1.18 bits per heavy atom. The molecule has 114 valence electrons. The third-order valence-corrected chi connectivity index (χ3v) is 3.37. The van der Waals surface area contributed by atoms with Gasteiger partial charge in [-0.2, -0.15) is 0 Å². The lowest BCUT2D eigenvalue weighted by Crippen LogP contribution is -2.11. The van der Waals surface area contributed by atoms with E-state index in [2.05, 4.69) is 4.99 Å². The van der Waals surface area contributed by atoms with Crippen molar-refractivity contribution in [2.75, 3.05) is 6.61 Å². The second kappa shape index (κ2) is 7.82. The summed E-state index contributed by atoms with van der Waals surface area (Å²) < 4.78 is 9.87. The molecule has 0 amide bonds. The quantitative estimate of drug-likeness (QED) is 0.433. The molecule has 0 bridgehead atoms. The summed E-state index contributed by atoms with van der Waals surface area (Å²) in [6.45, 7) is 1.96. The van der Waals surface area contributed by atoms with E-state index in [0.717, 1.165) is 0 Å². The van der Waals surface area contributed by atoms with Crippen molar-refractivity contribution in [1.29, 1.82) is 0 Å². The van der Waals surface area contributed by atoms with Crippen LogP contribution in [0.5, 0.6) is 5.75 Å². The minimum atomic E-state index is -0.752. The van der Waals surface area contributed by atoms with Crippen LogP contribution >= 0.6 is 23.2 Å². The average molecular weight is 338 g/mol. The fourth-order valence-corrected chi connectivity index (χ4v) is 1.92. The molecule has 0 saturated heterocycles. The highest BCUT2D eigenvalue weighted by molar-refractivity contribution is 6.42. The van der Waals surface area contributed by atoms with E-state index >= 15 is 0 Å². The van der Waals surface area contributed by atoms with Crippen LogP contribution in [0.25, 0.3) is 0 Å². The molecule has 0 atom stereocenters. The zero-order valence-electron chi connectivity index (χ0n) is 11.8. The third kappa shape index (κ3) is 4.48. The smallest absolute Gasteiger partial charge is 0.434 e. The zero-order chi connectivity index (χ0) is 15.9. The Balaban J connectivity index is 2.20. The molecule has 2 rings (SSSR count). The number of nitrogens with zero attached hydrogens (tertiary/aromatic N) is 1. The van der Waals surface area contributed by atoms with Crippen molar-refractivity contribution in [3.8, 4) is 5.75 Å². The SMILES string of the molecule is CCOC(=O)Oc1ccccc1C=Nc1ccc(Cl)c(Cl)c1. The number of benzene rings is 2. The molecule has 0 aliphatic rings. The van der Waals surface area contributed by atoms with Crippen LogP contribution in [0.4, 0.5) is 10.5 Å². The Hall–Kier alpha value is -2.04. The summed E-state index contributed by atoms with van der Waals surface area (Å²) in [6, 6.07) is 12.0. The first kappa shape index (κ1) is 16.3. The summed E-state index contributed by atoms with van der Waals surface area (Å²) >= 11 is 11.8. The van der Waals surface area contributed by atoms with Gasteiger partial charge < -0.3 is 9.47 Å². The van der Waals surface area contributed by atoms with Crippen LogP contribution in [0, 0.1) is 0 Å². The van der Waals surface area contributed by atoms with Gasteiger partial charge in [0.2, 0.25) is 0 Å². The minimum absolute atomic E-state index is 0.248. The predicted molar refractivity (Wildman–Crippen MR) is 87.8 cm³/mol. The number of carbonyl (C=O) groups excluding carboxylic acids is 1. The fraction of sp³-hybridized carbons (Fsp3) is 0.125. The molecular weight excluding hydrogens is 325 g/mol. The van der Waals surface area contributed by atoms with E-state index in [1.807, 2.05) is 6.07 Å². The average Bonchev–Trinajstić information content (AvgIpc) is 2.50. The van der Waals surface area contributed by atoms with Crippen LogP contribution in [0.15, 0.2) is 47.5 Å².